The third-order valence-corrected chi connectivity index (χ3v) is 3.24. The predicted octanol–water partition coefficient (Wildman–Crippen LogP) is 2.72. The lowest BCUT2D eigenvalue weighted by Gasteiger charge is -2.06. The summed E-state index contributed by atoms with van der Waals surface area (Å²) in [5, 5.41) is 3.88. The van der Waals surface area contributed by atoms with Crippen molar-refractivity contribution in [2.75, 3.05) is 0 Å². The number of aromatic nitrogens is 2. The third kappa shape index (κ3) is 3.37. The summed E-state index contributed by atoms with van der Waals surface area (Å²) in [6.45, 7) is 2.07. The Kier molecular flexibility index (Phi) is 4.05. The van der Waals surface area contributed by atoms with Gasteiger partial charge in [-0.1, -0.05) is 35.0 Å². The van der Waals surface area contributed by atoms with Crippen molar-refractivity contribution in [3.05, 3.63) is 65.5 Å². The highest BCUT2D eigenvalue weighted by Crippen LogP contribution is 2.20. The summed E-state index contributed by atoms with van der Waals surface area (Å²) in [7, 11) is 0. The van der Waals surface area contributed by atoms with E-state index < -0.39 is 5.91 Å². The number of rotatable bonds is 5. The maximum Gasteiger partial charge on any atom is 0.258 e. The Morgan fingerprint density at radius 3 is 2.83 bits per heavy atom. The minimum atomic E-state index is -0.547. The number of benzene rings is 2. The van der Waals surface area contributed by atoms with Crippen LogP contribution in [0.15, 0.2) is 53.1 Å². The van der Waals surface area contributed by atoms with Gasteiger partial charge in [0.2, 0.25) is 5.82 Å². The van der Waals surface area contributed by atoms with E-state index in [4.69, 9.17) is 15.0 Å². The zero-order valence-electron chi connectivity index (χ0n) is 12.5. The average Bonchev–Trinajstić information content (AvgIpc) is 3.02. The summed E-state index contributed by atoms with van der Waals surface area (Å²) < 4.78 is 10.8. The summed E-state index contributed by atoms with van der Waals surface area (Å²) in [5.74, 6) is 0.660. The minimum Gasteiger partial charge on any atom is -0.485 e. The van der Waals surface area contributed by atoms with E-state index in [-0.39, 0.29) is 6.61 Å². The van der Waals surface area contributed by atoms with Crippen molar-refractivity contribution in [3.63, 3.8) is 0 Å². The minimum absolute atomic E-state index is 0.0829. The van der Waals surface area contributed by atoms with Crippen molar-refractivity contribution in [1.82, 2.24) is 10.1 Å². The van der Waals surface area contributed by atoms with Gasteiger partial charge in [-0.3, -0.25) is 4.79 Å². The molecule has 1 heterocycles. The van der Waals surface area contributed by atoms with Gasteiger partial charge in [0.15, 0.2) is 6.61 Å². The highest BCUT2D eigenvalue weighted by molar-refractivity contribution is 5.95. The molecular weight excluding hydrogens is 294 g/mol. The molecule has 0 bridgehead atoms. The maximum absolute atomic E-state index is 11.3. The molecule has 0 spiro atoms. The van der Waals surface area contributed by atoms with Gasteiger partial charge in [-0.05, 0) is 31.2 Å². The highest BCUT2D eigenvalue weighted by atomic mass is 16.5. The number of primary amides is 1. The van der Waals surface area contributed by atoms with E-state index in [0.717, 1.165) is 11.1 Å². The van der Waals surface area contributed by atoms with Crippen molar-refractivity contribution < 1.29 is 14.1 Å². The Hall–Kier alpha value is -3.15. The van der Waals surface area contributed by atoms with Crippen LogP contribution in [0.25, 0.3) is 11.5 Å². The lowest BCUT2D eigenvalue weighted by Crippen LogP contribution is -2.13. The van der Waals surface area contributed by atoms with Crippen LogP contribution in [0.4, 0.5) is 0 Å². The summed E-state index contributed by atoms with van der Waals surface area (Å²) in [6.07, 6.45) is 0. The van der Waals surface area contributed by atoms with E-state index in [2.05, 4.69) is 10.1 Å². The molecule has 6 nitrogen and oxygen atoms in total. The van der Waals surface area contributed by atoms with E-state index in [1.165, 1.54) is 0 Å². The molecule has 6 heteroatoms. The monoisotopic (exact) mass is 309 g/mol. The Bertz CT molecular complexity index is 842. The fourth-order valence-electron chi connectivity index (χ4n) is 2.15. The van der Waals surface area contributed by atoms with Crippen LogP contribution in [-0.4, -0.2) is 16.0 Å². The zero-order chi connectivity index (χ0) is 16.2. The molecule has 0 saturated heterocycles. The molecule has 1 aromatic heterocycles. The van der Waals surface area contributed by atoms with E-state index in [9.17, 15) is 4.79 Å². The van der Waals surface area contributed by atoms with Gasteiger partial charge in [0.25, 0.3) is 11.8 Å². The number of nitrogens with zero attached hydrogens (tertiary/aromatic N) is 2. The van der Waals surface area contributed by atoms with E-state index >= 15 is 0 Å². The molecule has 2 aromatic carbocycles. The van der Waals surface area contributed by atoms with E-state index in [1.54, 1.807) is 24.3 Å². The molecule has 1 amide bonds. The third-order valence-electron chi connectivity index (χ3n) is 3.24. The molecule has 0 unspecified atom stereocenters. The molecule has 0 fully saturated rings. The number of amides is 1. The lowest BCUT2D eigenvalue weighted by atomic mass is 10.1. The lowest BCUT2D eigenvalue weighted by molar-refractivity contribution is 0.0995. The standard InChI is InChI=1S/C17H15N3O3/c1-11-5-4-6-12(9-11)17-19-15(20-23-17)10-22-14-8-3-2-7-13(14)16(18)21/h2-9H,10H2,1H3,(H2,18,21). The molecule has 3 rings (SSSR count). The first-order valence-electron chi connectivity index (χ1n) is 7.05. The van der Waals surface area contributed by atoms with Crippen LogP contribution >= 0.6 is 0 Å². The largest absolute Gasteiger partial charge is 0.485 e. The average molecular weight is 309 g/mol. The van der Waals surface area contributed by atoms with Gasteiger partial charge < -0.3 is 15.0 Å². The van der Waals surface area contributed by atoms with Crippen molar-refractivity contribution in [2.45, 2.75) is 13.5 Å². The number of hydrogen-bond donors (Lipinski definition) is 1. The SMILES string of the molecule is Cc1cccc(-c2nc(COc3ccccc3C(N)=O)no2)c1. The van der Waals surface area contributed by atoms with Gasteiger partial charge in [0, 0.05) is 5.56 Å². The predicted molar refractivity (Wildman–Crippen MR) is 83.8 cm³/mol. The Morgan fingerprint density at radius 1 is 1.22 bits per heavy atom. The van der Waals surface area contributed by atoms with Crippen molar-refractivity contribution in [3.8, 4) is 17.2 Å². The molecular formula is C17H15N3O3. The summed E-state index contributed by atoms with van der Waals surface area (Å²) in [4.78, 5) is 15.6. The van der Waals surface area contributed by atoms with Gasteiger partial charge in [-0.15, -0.1) is 0 Å². The maximum atomic E-state index is 11.3. The van der Waals surface area contributed by atoms with Crippen LogP contribution in [-0.2, 0) is 6.61 Å². The molecule has 23 heavy (non-hydrogen) atoms. The number of hydrogen-bond acceptors (Lipinski definition) is 5. The fraction of sp³-hybridized carbons (Fsp3) is 0.118. The van der Waals surface area contributed by atoms with Crippen LogP contribution in [0.3, 0.4) is 0 Å². The van der Waals surface area contributed by atoms with Crippen LogP contribution in [0.1, 0.15) is 21.7 Å². The van der Waals surface area contributed by atoms with Gasteiger partial charge in [0.1, 0.15) is 5.75 Å². The quantitative estimate of drug-likeness (QED) is 0.782. The molecule has 3 aromatic rings. The smallest absolute Gasteiger partial charge is 0.258 e. The first kappa shape index (κ1) is 14.8. The van der Waals surface area contributed by atoms with E-state index in [0.29, 0.717) is 23.0 Å². The molecule has 0 aliphatic carbocycles. The number of nitrogens with two attached hydrogens (primary N) is 1. The van der Waals surface area contributed by atoms with Crippen LogP contribution in [0, 0.1) is 6.92 Å². The number of carbonyl (C=O) groups is 1. The van der Waals surface area contributed by atoms with Crippen molar-refractivity contribution >= 4 is 5.91 Å². The normalized spacial score (nSPS) is 10.5. The molecule has 0 aliphatic heterocycles. The molecule has 0 saturated carbocycles. The molecule has 0 atom stereocenters. The Labute approximate surface area is 132 Å². The molecule has 0 aliphatic rings. The van der Waals surface area contributed by atoms with E-state index in [1.807, 2.05) is 31.2 Å². The van der Waals surface area contributed by atoms with Gasteiger partial charge in [-0.2, -0.15) is 4.98 Å². The number of aryl methyl sites for hydroxylation is 1. The van der Waals surface area contributed by atoms with Crippen LogP contribution in [0.5, 0.6) is 5.75 Å². The second kappa shape index (κ2) is 6.31. The number of para-hydroxylation sites is 1. The highest BCUT2D eigenvalue weighted by Gasteiger charge is 2.12. The number of carbonyl (C=O) groups excluding carboxylic acids is 1. The molecule has 0 radical (unpaired) electrons. The number of ether oxygens (including phenoxy) is 1. The summed E-state index contributed by atoms with van der Waals surface area (Å²) in [6, 6.07) is 14.5. The van der Waals surface area contributed by atoms with Gasteiger partial charge in [-0.25, -0.2) is 0 Å². The van der Waals surface area contributed by atoms with Gasteiger partial charge in [0.05, 0.1) is 5.56 Å². The summed E-state index contributed by atoms with van der Waals surface area (Å²) in [5.41, 5.74) is 7.58. The van der Waals surface area contributed by atoms with Crippen molar-refractivity contribution in [1.29, 1.82) is 0 Å². The van der Waals surface area contributed by atoms with Gasteiger partial charge >= 0.3 is 0 Å². The topological polar surface area (TPSA) is 91.2 Å². The molecule has 2 N–H and O–H groups in total. The first-order chi connectivity index (χ1) is 11.1. The second-order valence-corrected chi connectivity index (χ2v) is 5.03. The fourth-order valence-corrected chi connectivity index (χ4v) is 2.15. The van der Waals surface area contributed by atoms with Crippen LogP contribution < -0.4 is 10.5 Å². The van der Waals surface area contributed by atoms with Crippen LogP contribution in [0.2, 0.25) is 0 Å². The first-order valence-corrected chi connectivity index (χ1v) is 7.05. The Balaban J connectivity index is 1.74. The molecule has 116 valence electrons. The van der Waals surface area contributed by atoms with Crippen molar-refractivity contribution in [2.24, 2.45) is 5.73 Å². The Morgan fingerprint density at radius 2 is 2.04 bits per heavy atom. The zero-order valence-corrected chi connectivity index (χ0v) is 12.5. The second-order valence-electron chi connectivity index (χ2n) is 5.03. The summed E-state index contributed by atoms with van der Waals surface area (Å²) >= 11 is 0.